The Labute approximate surface area is 145 Å². The maximum atomic E-state index is 12.4. The molecular weight excluding hydrogens is 388 g/mol. The molecule has 0 atom stereocenters. The standard InChI is InChI=1S/C15H12BrClN2O4/c1-2-23-14-6-3-9(16)7-11(14)15(20)18-13-5-4-10(19(21)22)8-12(13)17/h3-8H,2H2,1H3,(H,18,20). The van der Waals surface area contributed by atoms with E-state index in [0.717, 1.165) is 4.47 Å². The molecule has 0 bridgehead atoms. The van der Waals surface area contributed by atoms with Gasteiger partial charge in [0.2, 0.25) is 0 Å². The number of rotatable bonds is 5. The van der Waals surface area contributed by atoms with Crippen LogP contribution in [0.3, 0.4) is 0 Å². The van der Waals surface area contributed by atoms with Crippen molar-refractivity contribution in [1.82, 2.24) is 0 Å². The fourth-order valence-electron chi connectivity index (χ4n) is 1.87. The second-order valence-electron chi connectivity index (χ2n) is 4.45. The fraction of sp³-hybridized carbons (Fsp3) is 0.133. The molecule has 120 valence electrons. The molecule has 2 aromatic carbocycles. The Morgan fingerprint density at radius 2 is 2.09 bits per heavy atom. The monoisotopic (exact) mass is 398 g/mol. The van der Waals surface area contributed by atoms with Crippen molar-refractivity contribution in [3.8, 4) is 5.75 Å². The molecule has 2 rings (SSSR count). The molecule has 0 spiro atoms. The first-order valence-electron chi connectivity index (χ1n) is 6.60. The molecule has 23 heavy (non-hydrogen) atoms. The Hall–Kier alpha value is -2.12. The van der Waals surface area contributed by atoms with Gasteiger partial charge in [0.05, 0.1) is 27.8 Å². The van der Waals surface area contributed by atoms with E-state index in [1.807, 2.05) is 6.92 Å². The smallest absolute Gasteiger partial charge is 0.271 e. The topological polar surface area (TPSA) is 81.5 Å². The molecule has 0 heterocycles. The Balaban J connectivity index is 2.29. The molecule has 0 aromatic heterocycles. The molecule has 0 radical (unpaired) electrons. The second kappa shape index (κ2) is 7.43. The largest absolute Gasteiger partial charge is 0.493 e. The van der Waals surface area contributed by atoms with Crippen molar-refractivity contribution >= 4 is 44.8 Å². The lowest BCUT2D eigenvalue weighted by Gasteiger charge is -2.12. The average molecular weight is 400 g/mol. The number of hydrogen-bond donors (Lipinski definition) is 1. The molecule has 0 saturated heterocycles. The van der Waals surface area contributed by atoms with Crippen molar-refractivity contribution in [2.24, 2.45) is 0 Å². The summed E-state index contributed by atoms with van der Waals surface area (Å²) in [4.78, 5) is 22.6. The number of non-ortho nitro benzene ring substituents is 1. The van der Waals surface area contributed by atoms with Crippen LogP contribution in [0.5, 0.6) is 5.75 Å². The fourth-order valence-corrected chi connectivity index (χ4v) is 2.45. The zero-order valence-corrected chi connectivity index (χ0v) is 14.3. The average Bonchev–Trinajstić information content (AvgIpc) is 2.51. The third-order valence-electron chi connectivity index (χ3n) is 2.90. The van der Waals surface area contributed by atoms with E-state index in [1.165, 1.54) is 18.2 Å². The number of ether oxygens (including phenoxy) is 1. The molecule has 0 aliphatic carbocycles. The van der Waals surface area contributed by atoms with Gasteiger partial charge in [-0.05, 0) is 31.2 Å². The predicted octanol–water partition coefficient (Wildman–Crippen LogP) is 4.66. The number of halogens is 2. The highest BCUT2D eigenvalue weighted by Gasteiger charge is 2.16. The number of benzene rings is 2. The Morgan fingerprint density at radius 1 is 1.35 bits per heavy atom. The highest BCUT2D eigenvalue weighted by atomic mass is 79.9. The summed E-state index contributed by atoms with van der Waals surface area (Å²) >= 11 is 9.28. The molecule has 0 aliphatic rings. The third-order valence-corrected chi connectivity index (χ3v) is 3.70. The number of amides is 1. The van der Waals surface area contributed by atoms with Gasteiger partial charge in [-0.25, -0.2) is 0 Å². The van der Waals surface area contributed by atoms with E-state index in [2.05, 4.69) is 21.2 Å². The molecule has 0 fully saturated rings. The van der Waals surface area contributed by atoms with Crippen LogP contribution in [0.15, 0.2) is 40.9 Å². The summed E-state index contributed by atoms with van der Waals surface area (Å²) in [6, 6.07) is 8.91. The van der Waals surface area contributed by atoms with Gasteiger partial charge in [0.25, 0.3) is 11.6 Å². The minimum Gasteiger partial charge on any atom is -0.493 e. The molecule has 2 aromatic rings. The van der Waals surface area contributed by atoms with E-state index in [9.17, 15) is 14.9 Å². The number of hydrogen-bond acceptors (Lipinski definition) is 4. The van der Waals surface area contributed by atoms with Gasteiger partial charge in [0, 0.05) is 16.6 Å². The normalized spacial score (nSPS) is 10.2. The highest BCUT2D eigenvalue weighted by molar-refractivity contribution is 9.10. The summed E-state index contributed by atoms with van der Waals surface area (Å²) < 4.78 is 6.15. The Morgan fingerprint density at radius 3 is 2.70 bits per heavy atom. The van der Waals surface area contributed by atoms with E-state index >= 15 is 0 Å². The van der Waals surface area contributed by atoms with Crippen LogP contribution < -0.4 is 10.1 Å². The van der Waals surface area contributed by atoms with Crippen LogP contribution in [0.25, 0.3) is 0 Å². The summed E-state index contributed by atoms with van der Waals surface area (Å²) in [5.74, 6) is 0.0109. The predicted molar refractivity (Wildman–Crippen MR) is 91.4 cm³/mol. The van der Waals surface area contributed by atoms with E-state index < -0.39 is 10.8 Å². The molecule has 1 amide bonds. The minimum absolute atomic E-state index is 0.0838. The van der Waals surface area contributed by atoms with Crippen LogP contribution in [0.1, 0.15) is 17.3 Å². The number of nitro groups is 1. The van der Waals surface area contributed by atoms with Gasteiger partial charge in [-0.15, -0.1) is 0 Å². The molecule has 1 N–H and O–H groups in total. The van der Waals surface area contributed by atoms with Gasteiger partial charge in [-0.1, -0.05) is 27.5 Å². The lowest BCUT2D eigenvalue weighted by Crippen LogP contribution is -2.14. The maximum absolute atomic E-state index is 12.4. The third kappa shape index (κ3) is 4.20. The van der Waals surface area contributed by atoms with E-state index in [1.54, 1.807) is 18.2 Å². The zero-order chi connectivity index (χ0) is 17.0. The number of carbonyl (C=O) groups is 1. The van der Waals surface area contributed by atoms with E-state index in [-0.39, 0.29) is 16.4 Å². The molecule has 0 aliphatic heterocycles. The number of carbonyl (C=O) groups excluding carboxylic acids is 1. The second-order valence-corrected chi connectivity index (χ2v) is 5.77. The van der Waals surface area contributed by atoms with Gasteiger partial charge in [0.15, 0.2) is 0 Å². The summed E-state index contributed by atoms with van der Waals surface area (Å²) in [5, 5.41) is 13.4. The number of nitrogens with one attached hydrogen (secondary N) is 1. The van der Waals surface area contributed by atoms with Gasteiger partial charge in [0.1, 0.15) is 5.75 Å². The van der Waals surface area contributed by atoms with Gasteiger partial charge in [-0.2, -0.15) is 0 Å². The van der Waals surface area contributed by atoms with Crippen LogP contribution in [-0.2, 0) is 0 Å². The first-order chi connectivity index (χ1) is 10.9. The Bertz CT molecular complexity index is 767. The van der Waals surface area contributed by atoms with Gasteiger partial charge in [-0.3, -0.25) is 14.9 Å². The van der Waals surface area contributed by atoms with Crippen molar-refractivity contribution in [3.63, 3.8) is 0 Å². The number of nitrogens with zero attached hydrogens (tertiary/aromatic N) is 1. The van der Waals surface area contributed by atoms with Crippen molar-refractivity contribution in [2.45, 2.75) is 6.92 Å². The van der Waals surface area contributed by atoms with Crippen molar-refractivity contribution < 1.29 is 14.5 Å². The summed E-state index contributed by atoms with van der Waals surface area (Å²) in [5.41, 5.74) is 0.464. The van der Waals surface area contributed by atoms with Gasteiger partial charge >= 0.3 is 0 Å². The maximum Gasteiger partial charge on any atom is 0.271 e. The zero-order valence-electron chi connectivity index (χ0n) is 12.0. The lowest BCUT2D eigenvalue weighted by molar-refractivity contribution is -0.384. The summed E-state index contributed by atoms with van der Waals surface area (Å²) in [6.45, 7) is 2.23. The molecular formula is C15H12BrClN2O4. The van der Waals surface area contributed by atoms with Crippen LogP contribution in [0.2, 0.25) is 5.02 Å². The summed E-state index contributed by atoms with van der Waals surface area (Å²) in [6.07, 6.45) is 0. The van der Waals surface area contributed by atoms with Crippen LogP contribution in [0, 0.1) is 10.1 Å². The van der Waals surface area contributed by atoms with Gasteiger partial charge < -0.3 is 10.1 Å². The van der Waals surface area contributed by atoms with Crippen LogP contribution in [0.4, 0.5) is 11.4 Å². The minimum atomic E-state index is -0.557. The van der Waals surface area contributed by atoms with Crippen LogP contribution in [-0.4, -0.2) is 17.4 Å². The highest BCUT2D eigenvalue weighted by Crippen LogP contribution is 2.29. The van der Waals surface area contributed by atoms with Crippen molar-refractivity contribution in [3.05, 3.63) is 61.6 Å². The molecule has 6 nitrogen and oxygen atoms in total. The van der Waals surface area contributed by atoms with Crippen molar-refractivity contribution in [1.29, 1.82) is 0 Å². The van der Waals surface area contributed by atoms with E-state index in [4.69, 9.17) is 16.3 Å². The van der Waals surface area contributed by atoms with E-state index in [0.29, 0.717) is 17.9 Å². The van der Waals surface area contributed by atoms with Crippen LogP contribution >= 0.6 is 27.5 Å². The Kier molecular flexibility index (Phi) is 5.57. The van der Waals surface area contributed by atoms with Crippen molar-refractivity contribution in [2.75, 3.05) is 11.9 Å². The SMILES string of the molecule is CCOc1ccc(Br)cc1C(=O)Nc1ccc([N+](=O)[O-])cc1Cl. The number of nitro benzene ring substituents is 1. The number of anilines is 1. The lowest BCUT2D eigenvalue weighted by atomic mass is 10.1. The quantitative estimate of drug-likeness (QED) is 0.585. The first kappa shape index (κ1) is 17.2. The molecule has 0 unspecified atom stereocenters. The molecule has 8 heteroatoms. The summed E-state index contributed by atoms with van der Waals surface area (Å²) in [7, 11) is 0. The first-order valence-corrected chi connectivity index (χ1v) is 7.77. The molecule has 0 saturated carbocycles.